The third kappa shape index (κ3) is 3.53. The van der Waals surface area contributed by atoms with Crippen LogP contribution in [0.5, 0.6) is 0 Å². The van der Waals surface area contributed by atoms with E-state index in [0.29, 0.717) is 28.7 Å². The second-order valence-corrected chi connectivity index (χ2v) is 7.34. The number of aromatic nitrogens is 3. The van der Waals surface area contributed by atoms with Gasteiger partial charge in [0, 0.05) is 10.4 Å². The van der Waals surface area contributed by atoms with Gasteiger partial charge in [0.2, 0.25) is 5.89 Å². The Labute approximate surface area is 177 Å². The van der Waals surface area contributed by atoms with Crippen LogP contribution in [0, 0.1) is 0 Å². The highest BCUT2D eigenvalue weighted by Gasteiger charge is 2.18. The number of fused-ring (bicyclic) bond motifs is 2. The number of para-hydroxylation sites is 3. The summed E-state index contributed by atoms with van der Waals surface area (Å²) in [4.78, 5) is 17.3. The van der Waals surface area contributed by atoms with Crippen molar-refractivity contribution in [1.29, 1.82) is 0 Å². The van der Waals surface area contributed by atoms with Gasteiger partial charge in [-0.2, -0.15) is 5.10 Å². The van der Waals surface area contributed by atoms with E-state index in [9.17, 15) is 4.79 Å². The van der Waals surface area contributed by atoms with Gasteiger partial charge in [-0.1, -0.05) is 54.1 Å². The Kier molecular flexibility index (Phi) is 4.69. The zero-order valence-corrected chi connectivity index (χ0v) is 16.6. The summed E-state index contributed by atoms with van der Waals surface area (Å²) >= 11 is 5.98. The van der Waals surface area contributed by atoms with Crippen LogP contribution in [0.2, 0.25) is 5.02 Å². The fourth-order valence-corrected chi connectivity index (χ4v) is 3.54. The van der Waals surface area contributed by atoms with Crippen LogP contribution >= 0.6 is 11.6 Å². The highest BCUT2D eigenvalue weighted by molar-refractivity contribution is 6.30. The molecule has 0 atom stereocenters. The first-order valence-electron chi connectivity index (χ1n) is 9.50. The van der Waals surface area contributed by atoms with Gasteiger partial charge in [-0.05, 0) is 35.9 Å². The summed E-state index contributed by atoms with van der Waals surface area (Å²) in [5.41, 5.74) is 3.76. The Morgan fingerprint density at radius 2 is 1.77 bits per heavy atom. The fraction of sp³-hybridized carbons (Fsp3) is 0.0870. The number of carbonyl (C=O) groups is 1. The molecule has 148 valence electrons. The topological polar surface area (TPSA) is 73.0 Å². The Hall–Kier alpha value is -3.64. The number of nitrogens with one attached hydrogen (secondary N) is 1. The summed E-state index contributed by atoms with van der Waals surface area (Å²) in [7, 11) is 0. The monoisotopic (exact) mass is 416 g/mol. The van der Waals surface area contributed by atoms with Crippen molar-refractivity contribution in [1.82, 2.24) is 20.1 Å². The van der Waals surface area contributed by atoms with E-state index in [1.54, 1.807) is 0 Å². The van der Waals surface area contributed by atoms with Gasteiger partial charge in [0.05, 0.1) is 18.6 Å². The second-order valence-electron chi connectivity index (χ2n) is 6.91. The fourth-order valence-electron chi connectivity index (χ4n) is 3.41. The number of nitrogens with zero attached hydrogens (tertiary/aromatic N) is 3. The molecule has 0 fully saturated rings. The molecule has 0 saturated carbocycles. The largest absolute Gasteiger partial charge is 0.439 e. The van der Waals surface area contributed by atoms with Crippen LogP contribution in [0.25, 0.3) is 22.0 Å². The molecule has 0 aliphatic rings. The maximum absolute atomic E-state index is 12.9. The van der Waals surface area contributed by atoms with Crippen LogP contribution < -0.4 is 5.32 Å². The quantitative estimate of drug-likeness (QED) is 0.446. The molecule has 5 rings (SSSR count). The average Bonchev–Trinajstić information content (AvgIpc) is 3.35. The van der Waals surface area contributed by atoms with E-state index in [0.717, 1.165) is 22.0 Å². The highest BCUT2D eigenvalue weighted by Crippen LogP contribution is 2.21. The molecule has 30 heavy (non-hydrogen) atoms. The number of hydrogen-bond donors (Lipinski definition) is 1. The lowest BCUT2D eigenvalue weighted by Crippen LogP contribution is -2.23. The van der Waals surface area contributed by atoms with E-state index in [-0.39, 0.29) is 12.5 Å². The SMILES string of the molecule is O=C(NCc1nc2ccccc2o1)c1nn(Cc2ccc(Cl)cc2)c2ccccc12. The summed E-state index contributed by atoms with van der Waals surface area (Å²) < 4.78 is 7.50. The lowest BCUT2D eigenvalue weighted by Gasteiger charge is -2.04. The van der Waals surface area contributed by atoms with Crippen LogP contribution in [0.3, 0.4) is 0 Å². The molecule has 0 aliphatic carbocycles. The Bertz CT molecular complexity index is 1320. The highest BCUT2D eigenvalue weighted by atomic mass is 35.5. The zero-order valence-electron chi connectivity index (χ0n) is 15.9. The lowest BCUT2D eigenvalue weighted by atomic mass is 10.2. The van der Waals surface area contributed by atoms with Crippen LogP contribution in [-0.2, 0) is 13.1 Å². The standard InChI is InChI=1S/C23H17ClN4O2/c24-16-11-9-15(10-12-16)14-28-19-7-3-1-5-17(19)22(27-28)23(29)25-13-21-26-18-6-2-4-8-20(18)30-21/h1-12H,13-14H2,(H,25,29). The van der Waals surface area contributed by atoms with Crippen LogP contribution in [0.15, 0.2) is 77.2 Å². The third-order valence-electron chi connectivity index (χ3n) is 4.86. The molecule has 0 spiro atoms. The summed E-state index contributed by atoms with van der Waals surface area (Å²) in [5, 5.41) is 8.92. The van der Waals surface area contributed by atoms with Crippen molar-refractivity contribution in [2.75, 3.05) is 0 Å². The van der Waals surface area contributed by atoms with E-state index in [2.05, 4.69) is 15.4 Å². The summed E-state index contributed by atoms with van der Waals surface area (Å²) in [6.45, 7) is 0.724. The smallest absolute Gasteiger partial charge is 0.272 e. The van der Waals surface area contributed by atoms with Crippen molar-refractivity contribution in [2.45, 2.75) is 13.1 Å². The minimum atomic E-state index is -0.275. The predicted octanol–water partition coefficient (Wildman–Crippen LogP) is 4.81. The van der Waals surface area contributed by atoms with Crippen molar-refractivity contribution in [3.8, 4) is 0 Å². The van der Waals surface area contributed by atoms with Crippen LogP contribution in [0.1, 0.15) is 21.9 Å². The van der Waals surface area contributed by atoms with Crippen molar-refractivity contribution in [3.05, 3.63) is 95.0 Å². The van der Waals surface area contributed by atoms with Crippen LogP contribution in [-0.4, -0.2) is 20.7 Å². The minimum absolute atomic E-state index is 0.186. The Morgan fingerprint density at radius 1 is 1.00 bits per heavy atom. The van der Waals surface area contributed by atoms with E-state index >= 15 is 0 Å². The van der Waals surface area contributed by atoms with Gasteiger partial charge < -0.3 is 9.73 Å². The van der Waals surface area contributed by atoms with E-state index in [1.165, 1.54) is 0 Å². The molecule has 0 radical (unpaired) electrons. The molecule has 0 bridgehead atoms. The van der Waals surface area contributed by atoms with E-state index in [4.69, 9.17) is 16.0 Å². The molecule has 7 heteroatoms. The number of hydrogen-bond acceptors (Lipinski definition) is 4. The van der Waals surface area contributed by atoms with Gasteiger partial charge >= 0.3 is 0 Å². The van der Waals surface area contributed by atoms with Crippen molar-refractivity contribution >= 4 is 39.5 Å². The van der Waals surface area contributed by atoms with Crippen molar-refractivity contribution < 1.29 is 9.21 Å². The first-order valence-corrected chi connectivity index (χ1v) is 9.88. The van der Waals surface area contributed by atoms with Gasteiger partial charge in [-0.25, -0.2) is 4.98 Å². The number of carbonyl (C=O) groups excluding carboxylic acids is 1. The molecule has 0 aliphatic heterocycles. The molecule has 1 N–H and O–H groups in total. The summed E-state index contributed by atoms with van der Waals surface area (Å²) in [6.07, 6.45) is 0. The molecule has 2 aromatic heterocycles. The minimum Gasteiger partial charge on any atom is -0.439 e. The van der Waals surface area contributed by atoms with E-state index < -0.39 is 0 Å². The Morgan fingerprint density at radius 3 is 2.60 bits per heavy atom. The lowest BCUT2D eigenvalue weighted by molar-refractivity contribution is 0.0943. The second kappa shape index (κ2) is 7.65. The normalized spacial score (nSPS) is 11.2. The predicted molar refractivity (Wildman–Crippen MR) is 115 cm³/mol. The summed E-state index contributed by atoms with van der Waals surface area (Å²) in [5.74, 6) is 0.178. The van der Waals surface area contributed by atoms with Crippen molar-refractivity contribution in [2.24, 2.45) is 0 Å². The zero-order chi connectivity index (χ0) is 20.5. The molecule has 2 heterocycles. The summed E-state index contributed by atoms with van der Waals surface area (Å²) in [6, 6.07) is 22.8. The number of halogens is 1. The molecular formula is C23H17ClN4O2. The first-order chi connectivity index (χ1) is 14.7. The number of oxazole rings is 1. The van der Waals surface area contributed by atoms with Gasteiger partial charge in [0.1, 0.15) is 5.52 Å². The molecule has 5 aromatic rings. The maximum Gasteiger partial charge on any atom is 0.272 e. The molecule has 1 amide bonds. The Balaban J connectivity index is 1.40. The van der Waals surface area contributed by atoms with Crippen molar-refractivity contribution in [3.63, 3.8) is 0 Å². The molecular weight excluding hydrogens is 400 g/mol. The number of rotatable bonds is 5. The first kappa shape index (κ1) is 18.4. The number of benzene rings is 3. The third-order valence-corrected chi connectivity index (χ3v) is 5.11. The van der Waals surface area contributed by atoms with Gasteiger partial charge in [0.15, 0.2) is 11.3 Å². The average molecular weight is 417 g/mol. The molecule has 6 nitrogen and oxygen atoms in total. The van der Waals surface area contributed by atoms with E-state index in [1.807, 2.05) is 77.5 Å². The van der Waals surface area contributed by atoms with Gasteiger partial charge in [0.25, 0.3) is 5.91 Å². The van der Waals surface area contributed by atoms with Gasteiger partial charge in [-0.3, -0.25) is 9.48 Å². The van der Waals surface area contributed by atoms with Crippen LogP contribution in [0.4, 0.5) is 0 Å². The molecule has 0 unspecified atom stereocenters. The van der Waals surface area contributed by atoms with Gasteiger partial charge in [-0.15, -0.1) is 0 Å². The molecule has 0 saturated heterocycles. The molecule has 3 aromatic carbocycles. The number of amides is 1. The maximum atomic E-state index is 12.9.